The van der Waals surface area contributed by atoms with Gasteiger partial charge in [0.25, 0.3) is 5.91 Å². The van der Waals surface area contributed by atoms with Crippen molar-refractivity contribution >= 4 is 17.7 Å². The number of aromatic nitrogens is 1. The molecule has 3 aromatic rings. The summed E-state index contributed by atoms with van der Waals surface area (Å²) in [6, 6.07) is 20.9. The van der Waals surface area contributed by atoms with Crippen LogP contribution in [0.2, 0.25) is 0 Å². The Bertz CT molecular complexity index is 932. The minimum Gasteiger partial charge on any atom is -0.484 e. The number of pyridine rings is 1. The molecule has 0 aliphatic carbocycles. The fourth-order valence-electron chi connectivity index (χ4n) is 3.01. The van der Waals surface area contributed by atoms with Gasteiger partial charge in [-0.25, -0.2) is 4.98 Å². The number of benzene rings is 2. The van der Waals surface area contributed by atoms with Crippen molar-refractivity contribution in [3.8, 4) is 17.4 Å². The van der Waals surface area contributed by atoms with Gasteiger partial charge in [0.1, 0.15) is 11.5 Å². The summed E-state index contributed by atoms with van der Waals surface area (Å²) < 4.78 is 11.3. The number of hydrogen-bond acceptors (Lipinski definition) is 5. The summed E-state index contributed by atoms with van der Waals surface area (Å²) in [6.45, 7) is -0.0216. The SMILES string of the molecule is O=C(COc1ccc(Oc2ccccn2)cc1)NC1CCSc2ccccc21. The number of amides is 1. The van der Waals surface area contributed by atoms with Crippen LogP contribution in [0.25, 0.3) is 0 Å². The molecule has 1 aliphatic rings. The first-order valence-corrected chi connectivity index (χ1v) is 10.1. The number of rotatable bonds is 6. The van der Waals surface area contributed by atoms with E-state index >= 15 is 0 Å². The number of ether oxygens (including phenoxy) is 2. The Morgan fingerprint density at radius 1 is 1.04 bits per heavy atom. The van der Waals surface area contributed by atoms with Crippen LogP contribution in [0, 0.1) is 0 Å². The highest BCUT2D eigenvalue weighted by atomic mass is 32.2. The molecule has 6 heteroatoms. The molecule has 0 saturated heterocycles. The van der Waals surface area contributed by atoms with E-state index in [1.54, 1.807) is 36.5 Å². The standard InChI is InChI=1S/C22H20N2O3S/c25-21(24-19-12-14-28-20-6-2-1-5-18(19)20)15-26-16-8-10-17(11-9-16)27-22-7-3-4-13-23-22/h1-11,13,19H,12,14-15H2,(H,24,25). The molecule has 0 spiro atoms. The molecular formula is C22H20N2O3S. The van der Waals surface area contributed by atoms with Crippen LogP contribution in [0.3, 0.4) is 0 Å². The molecule has 1 N–H and O–H groups in total. The zero-order chi connectivity index (χ0) is 19.2. The van der Waals surface area contributed by atoms with E-state index in [0.717, 1.165) is 12.2 Å². The fourth-order valence-corrected chi connectivity index (χ4v) is 4.13. The molecule has 1 unspecified atom stereocenters. The Kier molecular flexibility index (Phi) is 5.77. The van der Waals surface area contributed by atoms with Gasteiger partial charge < -0.3 is 14.8 Å². The third-order valence-electron chi connectivity index (χ3n) is 4.35. The van der Waals surface area contributed by atoms with E-state index in [9.17, 15) is 4.79 Å². The van der Waals surface area contributed by atoms with Crippen molar-refractivity contribution in [2.24, 2.45) is 0 Å². The first-order valence-electron chi connectivity index (χ1n) is 9.11. The van der Waals surface area contributed by atoms with Crippen LogP contribution in [0.5, 0.6) is 17.4 Å². The summed E-state index contributed by atoms with van der Waals surface area (Å²) in [6.07, 6.45) is 2.60. The molecule has 5 nitrogen and oxygen atoms in total. The average Bonchev–Trinajstić information content (AvgIpc) is 2.74. The second-order valence-corrected chi connectivity index (χ2v) is 7.46. The van der Waals surface area contributed by atoms with Crippen LogP contribution >= 0.6 is 11.8 Å². The van der Waals surface area contributed by atoms with Gasteiger partial charge in [-0.15, -0.1) is 11.8 Å². The monoisotopic (exact) mass is 392 g/mol. The van der Waals surface area contributed by atoms with E-state index in [-0.39, 0.29) is 18.6 Å². The quantitative estimate of drug-likeness (QED) is 0.664. The molecule has 0 saturated carbocycles. The highest BCUT2D eigenvalue weighted by molar-refractivity contribution is 7.99. The number of thioether (sulfide) groups is 1. The normalized spacial score (nSPS) is 15.4. The summed E-state index contributed by atoms with van der Waals surface area (Å²) >= 11 is 1.83. The Morgan fingerprint density at radius 3 is 2.64 bits per heavy atom. The summed E-state index contributed by atoms with van der Waals surface area (Å²) in [4.78, 5) is 17.7. The molecular weight excluding hydrogens is 372 g/mol. The molecule has 0 bridgehead atoms. The van der Waals surface area contributed by atoms with Crippen LogP contribution in [0.15, 0.2) is 77.8 Å². The molecule has 28 heavy (non-hydrogen) atoms. The topological polar surface area (TPSA) is 60.5 Å². The second kappa shape index (κ2) is 8.80. The van der Waals surface area contributed by atoms with Crippen molar-refractivity contribution in [2.45, 2.75) is 17.4 Å². The minimum absolute atomic E-state index is 0.0216. The Hall–Kier alpha value is -2.99. The molecule has 2 aromatic carbocycles. The van der Waals surface area contributed by atoms with Gasteiger partial charge >= 0.3 is 0 Å². The Morgan fingerprint density at radius 2 is 1.82 bits per heavy atom. The van der Waals surface area contributed by atoms with Gasteiger partial charge in [-0.05, 0) is 48.4 Å². The molecule has 1 amide bonds. The van der Waals surface area contributed by atoms with Crippen molar-refractivity contribution in [3.05, 3.63) is 78.5 Å². The fraction of sp³-hybridized carbons (Fsp3) is 0.182. The molecule has 1 aliphatic heterocycles. The lowest BCUT2D eigenvalue weighted by atomic mass is 10.0. The van der Waals surface area contributed by atoms with E-state index < -0.39 is 0 Å². The van der Waals surface area contributed by atoms with E-state index in [1.807, 2.05) is 36.0 Å². The number of fused-ring (bicyclic) bond motifs is 1. The first-order chi connectivity index (χ1) is 13.8. The zero-order valence-corrected chi connectivity index (χ0v) is 16.0. The lowest BCUT2D eigenvalue weighted by molar-refractivity contribution is -0.123. The zero-order valence-electron chi connectivity index (χ0n) is 15.2. The van der Waals surface area contributed by atoms with E-state index in [4.69, 9.17) is 9.47 Å². The maximum atomic E-state index is 12.3. The summed E-state index contributed by atoms with van der Waals surface area (Å²) in [5.41, 5.74) is 1.18. The molecule has 1 aromatic heterocycles. The summed E-state index contributed by atoms with van der Waals surface area (Å²) in [7, 11) is 0. The molecule has 4 rings (SSSR count). The van der Waals surface area contributed by atoms with Crippen molar-refractivity contribution in [2.75, 3.05) is 12.4 Å². The van der Waals surface area contributed by atoms with Gasteiger partial charge in [-0.2, -0.15) is 0 Å². The average molecular weight is 392 g/mol. The molecule has 0 radical (unpaired) electrons. The highest BCUT2D eigenvalue weighted by Gasteiger charge is 2.21. The predicted molar refractivity (Wildman–Crippen MR) is 109 cm³/mol. The lowest BCUT2D eigenvalue weighted by Crippen LogP contribution is -2.34. The van der Waals surface area contributed by atoms with Crippen molar-refractivity contribution in [1.29, 1.82) is 0 Å². The third kappa shape index (κ3) is 4.64. The number of carbonyl (C=O) groups is 1. The number of hydrogen-bond donors (Lipinski definition) is 1. The van der Waals surface area contributed by atoms with Crippen LogP contribution in [0.1, 0.15) is 18.0 Å². The van der Waals surface area contributed by atoms with E-state index in [1.165, 1.54) is 10.5 Å². The van der Waals surface area contributed by atoms with Crippen molar-refractivity contribution < 1.29 is 14.3 Å². The maximum Gasteiger partial charge on any atom is 0.258 e. The van der Waals surface area contributed by atoms with Gasteiger partial charge in [-0.1, -0.05) is 24.3 Å². The Labute approximate surface area is 168 Å². The van der Waals surface area contributed by atoms with Crippen LogP contribution in [0.4, 0.5) is 0 Å². The third-order valence-corrected chi connectivity index (χ3v) is 5.47. The second-order valence-electron chi connectivity index (χ2n) is 6.33. The van der Waals surface area contributed by atoms with Gasteiger partial charge in [0.15, 0.2) is 6.61 Å². The molecule has 1 atom stereocenters. The molecule has 142 valence electrons. The lowest BCUT2D eigenvalue weighted by Gasteiger charge is -2.25. The van der Waals surface area contributed by atoms with Crippen LogP contribution < -0.4 is 14.8 Å². The van der Waals surface area contributed by atoms with E-state index in [0.29, 0.717) is 17.4 Å². The first kappa shape index (κ1) is 18.4. The molecule has 0 fully saturated rings. The minimum atomic E-state index is -0.125. The number of nitrogens with zero attached hydrogens (tertiary/aromatic N) is 1. The highest BCUT2D eigenvalue weighted by Crippen LogP contribution is 2.35. The predicted octanol–water partition coefficient (Wildman–Crippen LogP) is 4.61. The van der Waals surface area contributed by atoms with Gasteiger partial charge in [-0.3, -0.25) is 4.79 Å². The maximum absolute atomic E-state index is 12.3. The Balaban J connectivity index is 1.29. The van der Waals surface area contributed by atoms with E-state index in [2.05, 4.69) is 22.4 Å². The summed E-state index contributed by atoms with van der Waals surface area (Å²) in [5.74, 6) is 2.68. The van der Waals surface area contributed by atoms with Crippen LogP contribution in [-0.4, -0.2) is 23.3 Å². The van der Waals surface area contributed by atoms with Gasteiger partial charge in [0.05, 0.1) is 6.04 Å². The van der Waals surface area contributed by atoms with Crippen molar-refractivity contribution in [1.82, 2.24) is 10.3 Å². The number of nitrogens with one attached hydrogen (secondary N) is 1. The van der Waals surface area contributed by atoms with Crippen LogP contribution in [-0.2, 0) is 4.79 Å². The van der Waals surface area contributed by atoms with Crippen molar-refractivity contribution in [3.63, 3.8) is 0 Å². The van der Waals surface area contributed by atoms with Gasteiger partial charge in [0.2, 0.25) is 5.88 Å². The smallest absolute Gasteiger partial charge is 0.258 e. The molecule has 2 heterocycles. The largest absolute Gasteiger partial charge is 0.484 e. The van der Waals surface area contributed by atoms with Gasteiger partial charge in [0, 0.05) is 22.9 Å². The number of carbonyl (C=O) groups excluding carboxylic acids is 1. The summed E-state index contributed by atoms with van der Waals surface area (Å²) in [5, 5.41) is 3.08.